The first-order valence-electron chi connectivity index (χ1n) is 14.7. The van der Waals surface area contributed by atoms with Gasteiger partial charge in [-0.25, -0.2) is 0 Å². The maximum atomic E-state index is 2.73. The quantitative estimate of drug-likeness (QED) is 0.171. The summed E-state index contributed by atoms with van der Waals surface area (Å²) in [6, 6.07) is 47.1. The van der Waals surface area contributed by atoms with Crippen LogP contribution < -0.4 is 0 Å². The van der Waals surface area contributed by atoms with Gasteiger partial charge in [-0.3, -0.25) is 0 Å². The van der Waals surface area contributed by atoms with Crippen molar-refractivity contribution >= 4 is 24.6 Å². The summed E-state index contributed by atoms with van der Waals surface area (Å²) >= 11 is -3.72. The molecule has 2 aliphatic carbocycles. The minimum absolute atomic E-state index is 0.426. The van der Waals surface area contributed by atoms with E-state index < -0.39 is 17.4 Å². The van der Waals surface area contributed by atoms with E-state index in [2.05, 4.69) is 163 Å². The van der Waals surface area contributed by atoms with Crippen LogP contribution in [0.4, 0.5) is 0 Å². The van der Waals surface area contributed by atoms with Crippen LogP contribution in [-0.2, 0) is 17.4 Å². The molecular formula is C39H36SiZr. The molecule has 0 radical (unpaired) electrons. The van der Waals surface area contributed by atoms with Crippen molar-refractivity contribution in [3.8, 4) is 22.3 Å². The fourth-order valence-electron chi connectivity index (χ4n) is 8.02. The molecule has 0 saturated heterocycles. The van der Waals surface area contributed by atoms with E-state index in [1.807, 2.05) is 0 Å². The van der Waals surface area contributed by atoms with Crippen molar-refractivity contribution in [2.45, 2.75) is 23.4 Å². The van der Waals surface area contributed by atoms with Crippen molar-refractivity contribution in [3.05, 3.63) is 161 Å². The molecule has 41 heavy (non-hydrogen) atoms. The predicted molar refractivity (Wildman–Crippen MR) is 177 cm³/mol. The van der Waals surface area contributed by atoms with Gasteiger partial charge >= 0.3 is 248 Å². The normalized spacial score (nSPS) is 18.0. The molecule has 0 saturated carbocycles. The van der Waals surface area contributed by atoms with E-state index in [4.69, 9.17) is 0 Å². The Bertz CT molecular complexity index is 1910. The molecule has 5 aromatic carbocycles. The predicted octanol–water partition coefficient (Wildman–Crippen LogP) is 10.1. The summed E-state index contributed by atoms with van der Waals surface area (Å²) in [5.74, 6) is 0. The zero-order chi connectivity index (χ0) is 28.2. The average Bonchev–Trinajstić information content (AvgIpc) is 3.57. The van der Waals surface area contributed by atoms with Crippen LogP contribution in [0.3, 0.4) is 0 Å². The van der Waals surface area contributed by atoms with Gasteiger partial charge in [0.2, 0.25) is 0 Å². The van der Waals surface area contributed by atoms with Gasteiger partial charge in [-0.1, -0.05) is 0 Å². The van der Waals surface area contributed by atoms with Gasteiger partial charge in [-0.15, -0.1) is 0 Å². The second-order valence-corrected chi connectivity index (χ2v) is 43.5. The first-order valence-corrected chi connectivity index (χ1v) is 28.4. The zero-order valence-electron chi connectivity index (χ0n) is 24.1. The van der Waals surface area contributed by atoms with Crippen molar-refractivity contribution in [1.82, 2.24) is 0 Å². The van der Waals surface area contributed by atoms with Crippen molar-refractivity contribution < 1.29 is 17.4 Å². The summed E-state index contributed by atoms with van der Waals surface area (Å²) in [6.45, 7) is 4.82. The minimum atomic E-state index is -3.72. The van der Waals surface area contributed by atoms with Gasteiger partial charge in [0.25, 0.3) is 0 Å². The number of benzene rings is 5. The number of allylic oxidation sites excluding steroid dienone is 2. The second kappa shape index (κ2) is 9.90. The molecule has 0 aromatic heterocycles. The summed E-state index contributed by atoms with van der Waals surface area (Å²) in [5, 5.41) is 0. The SMILES string of the molecule is CC1=Cc2c(-c3ccccc3)cccc2[CH]1[Zr]([CH3])([CH3])(=[SiH2])[CH]1C(c2ccccc2)=Cc2c(-c3ccccc3)cccc21. The zero-order valence-corrected chi connectivity index (χ0v) is 28.0. The third-order valence-electron chi connectivity index (χ3n) is 9.51. The number of hydrogen-bond donors (Lipinski definition) is 0. The molecular weight excluding hydrogens is 588 g/mol. The Kier molecular flexibility index (Phi) is 6.42. The Morgan fingerprint density at radius 3 is 1.44 bits per heavy atom. The molecule has 0 aliphatic heterocycles. The van der Waals surface area contributed by atoms with Crippen molar-refractivity contribution in [1.29, 1.82) is 0 Å². The fraction of sp³-hybridized carbons (Fsp3) is 0.128. The standard InChI is InChI=1S/C21H15.C16H13.2CH3.H2Si.Zr/c1-3-8-16(9-4-1)19-14-18-12-7-13-20(21(18)15-19)17-10-5-2-6-11-17;1-12-10-14-8-5-9-15(16(14)11-12)13-6-3-2-4-7-13;;;;/h1-15H;2-11H,1H3;2*1H3;1H2;. The van der Waals surface area contributed by atoms with Crippen LogP contribution in [0.1, 0.15) is 42.0 Å². The number of rotatable bonds is 5. The monoisotopic (exact) mass is 622 g/mol. The summed E-state index contributed by atoms with van der Waals surface area (Å²) in [5.41, 5.74) is 15.6. The Hall–Kier alpha value is -3.32. The maximum absolute atomic E-state index is 3.72. The summed E-state index contributed by atoms with van der Waals surface area (Å²) in [7, 11) is 0. The first-order chi connectivity index (χ1) is 19.8. The Balaban J connectivity index is 1.45. The third-order valence-corrected chi connectivity index (χ3v) is 27.1. The average molecular weight is 624 g/mol. The van der Waals surface area contributed by atoms with E-state index in [9.17, 15) is 0 Å². The molecule has 0 bridgehead atoms. The van der Waals surface area contributed by atoms with Crippen LogP contribution >= 0.6 is 0 Å². The van der Waals surface area contributed by atoms with Gasteiger partial charge < -0.3 is 0 Å². The molecule has 0 spiro atoms. The van der Waals surface area contributed by atoms with E-state index in [1.165, 1.54) is 61.2 Å². The van der Waals surface area contributed by atoms with Gasteiger partial charge in [-0.2, -0.15) is 0 Å². The third kappa shape index (κ3) is 4.35. The summed E-state index contributed by atoms with van der Waals surface area (Å²) in [6.07, 6.45) is 5.06. The second-order valence-electron chi connectivity index (χ2n) is 13.0. The van der Waals surface area contributed by atoms with E-state index in [0.717, 1.165) is 0 Å². The molecule has 7 rings (SSSR count). The van der Waals surface area contributed by atoms with Crippen LogP contribution in [0, 0.1) is 0 Å². The molecule has 0 heterocycles. The molecule has 0 N–H and O–H groups in total. The van der Waals surface area contributed by atoms with Crippen LogP contribution in [0.15, 0.2) is 133 Å². The topological polar surface area (TPSA) is 0 Å². The molecule has 5 aromatic rings. The number of hydrogen-bond acceptors (Lipinski definition) is 0. The van der Waals surface area contributed by atoms with Gasteiger partial charge in [0.15, 0.2) is 0 Å². The van der Waals surface area contributed by atoms with E-state index >= 15 is 0 Å². The summed E-state index contributed by atoms with van der Waals surface area (Å²) in [4.78, 5) is 0. The van der Waals surface area contributed by atoms with Gasteiger partial charge in [0, 0.05) is 0 Å². The molecule has 0 nitrogen and oxygen atoms in total. The van der Waals surface area contributed by atoms with Crippen molar-refractivity contribution in [2.24, 2.45) is 0 Å². The summed E-state index contributed by atoms with van der Waals surface area (Å²) < 4.78 is 6.38. The Morgan fingerprint density at radius 2 is 0.927 bits per heavy atom. The molecule has 200 valence electrons. The van der Waals surface area contributed by atoms with Gasteiger partial charge in [-0.05, 0) is 0 Å². The molecule has 2 heteroatoms. The van der Waals surface area contributed by atoms with Crippen LogP contribution in [-0.4, -0.2) is 6.88 Å². The number of fused-ring (bicyclic) bond motifs is 2. The van der Waals surface area contributed by atoms with Crippen LogP contribution in [0.5, 0.6) is 0 Å². The molecule has 2 atom stereocenters. The van der Waals surface area contributed by atoms with E-state index in [1.54, 1.807) is 0 Å². The Morgan fingerprint density at radius 1 is 0.488 bits per heavy atom. The molecule has 0 fully saturated rings. The van der Waals surface area contributed by atoms with Gasteiger partial charge in [0.1, 0.15) is 0 Å². The van der Waals surface area contributed by atoms with Crippen LogP contribution in [0.25, 0.3) is 40.0 Å². The van der Waals surface area contributed by atoms with E-state index in [-0.39, 0.29) is 0 Å². The molecule has 2 aliphatic rings. The van der Waals surface area contributed by atoms with Gasteiger partial charge in [0.05, 0.1) is 0 Å². The van der Waals surface area contributed by atoms with Crippen molar-refractivity contribution in [3.63, 3.8) is 0 Å². The first kappa shape index (κ1) is 26.6. The molecule has 0 amide bonds. The van der Waals surface area contributed by atoms with Crippen LogP contribution in [0.2, 0.25) is 9.26 Å². The Labute approximate surface area is 247 Å². The van der Waals surface area contributed by atoms with E-state index in [0.29, 0.717) is 7.25 Å². The molecule has 2 unspecified atom stereocenters. The fourth-order valence-corrected chi connectivity index (χ4v) is 27.9. The van der Waals surface area contributed by atoms with Crippen molar-refractivity contribution in [2.75, 3.05) is 0 Å².